The predicted molar refractivity (Wildman–Crippen MR) is 71.0 cm³/mol. The highest BCUT2D eigenvalue weighted by atomic mass is 19.1. The Balaban J connectivity index is 1.94. The van der Waals surface area contributed by atoms with Crippen LogP contribution in [0, 0.1) is 11.8 Å². The quantitative estimate of drug-likeness (QED) is 0.817. The molecule has 0 aromatic carbocycles. The van der Waals surface area contributed by atoms with Crippen LogP contribution in [0.3, 0.4) is 0 Å². The molecule has 2 aliphatic rings. The van der Waals surface area contributed by atoms with Crippen molar-refractivity contribution in [1.29, 1.82) is 0 Å². The maximum atomic E-state index is 13.2. The summed E-state index contributed by atoms with van der Waals surface area (Å²) >= 11 is 0. The van der Waals surface area contributed by atoms with Crippen molar-refractivity contribution in [2.75, 3.05) is 18.6 Å². The van der Waals surface area contributed by atoms with Gasteiger partial charge in [-0.15, -0.1) is 0 Å². The molecule has 1 aliphatic heterocycles. The average molecular weight is 264 g/mol. The molecule has 0 radical (unpaired) electrons. The van der Waals surface area contributed by atoms with Crippen LogP contribution in [0.15, 0.2) is 23.5 Å². The number of fused-ring (bicyclic) bond motifs is 1. The van der Waals surface area contributed by atoms with Crippen LogP contribution in [0.2, 0.25) is 0 Å². The number of hydrogen-bond acceptors (Lipinski definition) is 4. The molecule has 19 heavy (non-hydrogen) atoms. The van der Waals surface area contributed by atoms with Crippen LogP contribution in [0.1, 0.15) is 24.7 Å². The van der Waals surface area contributed by atoms with Crippen LogP contribution in [0.5, 0.6) is 0 Å². The Morgan fingerprint density at radius 2 is 2.37 bits per heavy atom. The summed E-state index contributed by atoms with van der Waals surface area (Å²) in [7, 11) is 0. The Labute approximate surface area is 110 Å². The first-order valence-corrected chi connectivity index (χ1v) is 6.39. The summed E-state index contributed by atoms with van der Waals surface area (Å²) in [5, 5.41) is 12.3. The Hall–Kier alpha value is -1.69. The fraction of sp³-hybridized carbons (Fsp3) is 0.538. The van der Waals surface area contributed by atoms with E-state index in [0.717, 1.165) is 17.1 Å². The summed E-state index contributed by atoms with van der Waals surface area (Å²) < 4.78 is 15.1. The Bertz CT molecular complexity index is 539. The molecule has 1 aromatic heterocycles. The van der Waals surface area contributed by atoms with Gasteiger partial charge in [-0.2, -0.15) is 0 Å². The van der Waals surface area contributed by atoms with Crippen LogP contribution < -0.4 is 5.32 Å². The van der Waals surface area contributed by atoms with E-state index < -0.39 is 6.67 Å². The molecule has 0 spiro atoms. The van der Waals surface area contributed by atoms with E-state index in [1.54, 1.807) is 12.7 Å². The van der Waals surface area contributed by atoms with Gasteiger partial charge in [0.15, 0.2) is 0 Å². The zero-order valence-corrected chi connectivity index (χ0v) is 10.8. The van der Waals surface area contributed by atoms with E-state index in [9.17, 15) is 9.50 Å². The van der Waals surface area contributed by atoms with Crippen LogP contribution in [-0.4, -0.2) is 34.3 Å². The number of aliphatic imine (C=N–C) groups is 1. The number of aliphatic hydroxyl groups excluding tert-OH is 1. The van der Waals surface area contributed by atoms with Crippen molar-refractivity contribution in [3.63, 3.8) is 0 Å². The predicted octanol–water partition coefficient (Wildman–Crippen LogP) is 1.70. The van der Waals surface area contributed by atoms with Crippen molar-refractivity contribution in [3.05, 3.63) is 24.2 Å². The maximum Gasteiger partial charge on any atom is 0.137 e. The summed E-state index contributed by atoms with van der Waals surface area (Å²) in [6.07, 6.45) is 3.34. The molecule has 3 rings (SSSR count). The lowest BCUT2D eigenvalue weighted by Gasteiger charge is -2.46. The van der Waals surface area contributed by atoms with E-state index in [0.29, 0.717) is 0 Å². The molecule has 1 aliphatic carbocycles. The van der Waals surface area contributed by atoms with Crippen LogP contribution in [0.25, 0.3) is 0 Å². The third kappa shape index (κ3) is 1.63. The van der Waals surface area contributed by atoms with Gasteiger partial charge in [0.25, 0.3) is 0 Å². The van der Waals surface area contributed by atoms with Gasteiger partial charge in [-0.05, 0) is 12.5 Å². The van der Waals surface area contributed by atoms with E-state index in [1.165, 1.54) is 0 Å². The summed E-state index contributed by atoms with van der Waals surface area (Å²) in [4.78, 5) is 8.58. The zero-order valence-electron chi connectivity index (χ0n) is 10.8. The maximum absolute atomic E-state index is 13.2. The van der Waals surface area contributed by atoms with E-state index >= 15 is 0 Å². The SMILES string of the molecule is C=C1[C@@H](n2cnc3c2NC=NC3C)[C@H](CF)[C@H]1CO. The van der Waals surface area contributed by atoms with Gasteiger partial charge in [0.1, 0.15) is 11.5 Å². The molecule has 0 saturated heterocycles. The molecule has 4 atom stereocenters. The second-order valence-corrected chi connectivity index (χ2v) is 5.11. The van der Waals surface area contributed by atoms with Crippen molar-refractivity contribution >= 4 is 12.2 Å². The Morgan fingerprint density at radius 1 is 1.58 bits per heavy atom. The number of anilines is 1. The van der Waals surface area contributed by atoms with Crippen molar-refractivity contribution < 1.29 is 9.50 Å². The van der Waals surface area contributed by atoms with Crippen molar-refractivity contribution in [3.8, 4) is 0 Å². The molecule has 2 heterocycles. The number of halogens is 1. The van der Waals surface area contributed by atoms with Gasteiger partial charge in [-0.1, -0.05) is 6.58 Å². The molecule has 0 bridgehead atoms. The summed E-state index contributed by atoms with van der Waals surface area (Å²) in [5.41, 5.74) is 1.72. The monoisotopic (exact) mass is 264 g/mol. The van der Waals surface area contributed by atoms with Crippen LogP contribution in [0.4, 0.5) is 10.2 Å². The standard InChI is InChI=1S/C13H17FN4O/c1-7-10(4-19)9(3-14)12(7)18-6-17-11-8(2)15-5-16-13(11)18/h5-6,8-10,12,19H,1,3-4H2,2H3,(H,15,16)/t8?,9-,10+,12-/m1/s1. The van der Waals surface area contributed by atoms with Crippen LogP contribution in [-0.2, 0) is 0 Å². The second kappa shape index (κ2) is 4.45. The molecule has 1 fully saturated rings. The highest BCUT2D eigenvalue weighted by Crippen LogP contribution is 2.50. The minimum Gasteiger partial charge on any atom is -0.396 e. The van der Waals surface area contributed by atoms with Crippen molar-refractivity contribution in [1.82, 2.24) is 9.55 Å². The largest absolute Gasteiger partial charge is 0.396 e. The normalized spacial score (nSPS) is 32.7. The molecular formula is C13H17FN4O. The second-order valence-electron chi connectivity index (χ2n) is 5.11. The van der Waals surface area contributed by atoms with Gasteiger partial charge >= 0.3 is 0 Å². The van der Waals surface area contributed by atoms with Gasteiger partial charge < -0.3 is 15.0 Å². The lowest BCUT2D eigenvalue weighted by atomic mass is 9.66. The summed E-state index contributed by atoms with van der Waals surface area (Å²) in [6.45, 7) is 5.43. The number of aliphatic hydroxyl groups is 1. The fourth-order valence-corrected chi connectivity index (χ4v) is 3.02. The number of nitrogens with zero attached hydrogens (tertiary/aromatic N) is 3. The Kier molecular flexibility index (Phi) is 2.89. The molecule has 1 aromatic rings. The molecule has 1 unspecified atom stereocenters. The fourth-order valence-electron chi connectivity index (χ4n) is 3.02. The van der Waals surface area contributed by atoms with Crippen molar-refractivity contribution in [2.24, 2.45) is 16.8 Å². The van der Waals surface area contributed by atoms with Gasteiger partial charge in [0, 0.05) is 11.8 Å². The third-order valence-electron chi connectivity index (χ3n) is 4.17. The lowest BCUT2D eigenvalue weighted by molar-refractivity contribution is 0.0819. The molecule has 2 N–H and O–H groups in total. The van der Waals surface area contributed by atoms with Gasteiger partial charge in [-0.25, -0.2) is 4.98 Å². The Morgan fingerprint density at radius 3 is 3.05 bits per heavy atom. The summed E-state index contributed by atoms with van der Waals surface area (Å²) in [6, 6.07) is -0.132. The highest BCUT2D eigenvalue weighted by Gasteiger charge is 2.46. The van der Waals surface area contributed by atoms with E-state index in [2.05, 4.69) is 21.9 Å². The lowest BCUT2D eigenvalue weighted by Crippen LogP contribution is -2.44. The molecular weight excluding hydrogens is 247 g/mol. The molecule has 102 valence electrons. The smallest absolute Gasteiger partial charge is 0.137 e. The number of imidazole rings is 1. The molecule has 6 heteroatoms. The first kappa shape index (κ1) is 12.3. The minimum atomic E-state index is -0.467. The number of alkyl halides is 1. The number of rotatable bonds is 3. The van der Waals surface area contributed by atoms with E-state index in [-0.39, 0.29) is 30.5 Å². The number of hydrogen-bond donors (Lipinski definition) is 2. The third-order valence-corrected chi connectivity index (χ3v) is 4.17. The average Bonchev–Trinajstić information content (AvgIpc) is 2.81. The first-order valence-electron chi connectivity index (χ1n) is 6.39. The van der Waals surface area contributed by atoms with Crippen molar-refractivity contribution in [2.45, 2.75) is 19.0 Å². The number of aromatic nitrogens is 2. The minimum absolute atomic E-state index is 0.00306. The number of nitrogens with one attached hydrogen (secondary N) is 1. The van der Waals surface area contributed by atoms with Crippen LogP contribution >= 0.6 is 0 Å². The molecule has 1 saturated carbocycles. The van der Waals surface area contributed by atoms with E-state index in [1.807, 2.05) is 11.5 Å². The van der Waals surface area contributed by atoms with Gasteiger partial charge in [-0.3, -0.25) is 9.38 Å². The molecule has 0 amide bonds. The molecule has 5 nitrogen and oxygen atoms in total. The topological polar surface area (TPSA) is 62.4 Å². The van der Waals surface area contributed by atoms with Gasteiger partial charge in [0.05, 0.1) is 38.0 Å². The zero-order chi connectivity index (χ0) is 13.6. The van der Waals surface area contributed by atoms with E-state index in [4.69, 9.17) is 0 Å². The first-order chi connectivity index (χ1) is 9.19. The van der Waals surface area contributed by atoms with Gasteiger partial charge in [0.2, 0.25) is 0 Å². The highest BCUT2D eigenvalue weighted by molar-refractivity contribution is 5.78. The summed E-state index contributed by atoms with van der Waals surface area (Å²) in [5.74, 6) is 0.470.